The summed E-state index contributed by atoms with van der Waals surface area (Å²) in [5.41, 5.74) is 0.306. The van der Waals surface area contributed by atoms with E-state index >= 15 is 0 Å². The van der Waals surface area contributed by atoms with Gasteiger partial charge in [-0.25, -0.2) is 0 Å². The Bertz CT molecular complexity index is 373. The van der Waals surface area contributed by atoms with Crippen molar-refractivity contribution < 1.29 is 9.90 Å². The first-order chi connectivity index (χ1) is 7.77. The first-order valence-corrected chi connectivity index (χ1v) is 5.71. The summed E-state index contributed by atoms with van der Waals surface area (Å²) in [7, 11) is 0. The van der Waals surface area contributed by atoms with Gasteiger partial charge in [0.15, 0.2) is 0 Å². The Kier molecular flexibility index (Phi) is 3.39. The number of hydrogen-bond donors (Lipinski definition) is 2. The molecule has 0 spiro atoms. The maximum atomic E-state index is 11.8. The molecule has 0 radical (unpaired) electrons. The van der Waals surface area contributed by atoms with Gasteiger partial charge in [-0.1, -0.05) is 19.3 Å². The van der Waals surface area contributed by atoms with Crippen molar-refractivity contribution in [3.05, 3.63) is 24.0 Å². The molecule has 1 amide bonds. The first-order valence-electron chi connectivity index (χ1n) is 5.71. The van der Waals surface area contributed by atoms with Gasteiger partial charge in [-0.3, -0.25) is 9.78 Å². The lowest BCUT2D eigenvalue weighted by Gasteiger charge is -2.22. The maximum Gasteiger partial charge on any atom is 0.255 e. The molecular formula is C12H16N2O2. The number of nitrogens with one attached hydrogen (secondary N) is 1. The highest BCUT2D eigenvalue weighted by Crippen LogP contribution is 2.19. The van der Waals surface area contributed by atoms with Crippen LogP contribution in [-0.4, -0.2) is 22.0 Å². The Morgan fingerprint density at radius 2 is 2.12 bits per heavy atom. The van der Waals surface area contributed by atoms with Crippen molar-refractivity contribution >= 4 is 5.91 Å². The van der Waals surface area contributed by atoms with Gasteiger partial charge in [0.2, 0.25) is 0 Å². The van der Waals surface area contributed by atoms with Crippen molar-refractivity contribution in [2.75, 3.05) is 0 Å². The van der Waals surface area contributed by atoms with Gasteiger partial charge in [-0.2, -0.15) is 0 Å². The summed E-state index contributed by atoms with van der Waals surface area (Å²) in [6, 6.07) is 1.79. The Balaban J connectivity index is 2.00. The van der Waals surface area contributed by atoms with Gasteiger partial charge in [-0.05, 0) is 18.9 Å². The van der Waals surface area contributed by atoms with Crippen molar-refractivity contribution in [2.24, 2.45) is 0 Å². The third kappa shape index (κ3) is 2.51. The van der Waals surface area contributed by atoms with E-state index in [-0.39, 0.29) is 17.7 Å². The van der Waals surface area contributed by atoms with E-state index in [1.807, 2.05) is 0 Å². The van der Waals surface area contributed by atoms with E-state index in [2.05, 4.69) is 10.3 Å². The lowest BCUT2D eigenvalue weighted by Crippen LogP contribution is -2.36. The van der Waals surface area contributed by atoms with E-state index in [0.717, 1.165) is 12.8 Å². The van der Waals surface area contributed by atoms with Gasteiger partial charge in [0, 0.05) is 12.2 Å². The van der Waals surface area contributed by atoms with E-state index in [0.29, 0.717) is 5.56 Å². The lowest BCUT2D eigenvalue weighted by atomic mass is 9.95. The number of rotatable bonds is 2. The topological polar surface area (TPSA) is 62.2 Å². The molecule has 16 heavy (non-hydrogen) atoms. The fourth-order valence-electron chi connectivity index (χ4n) is 2.09. The van der Waals surface area contributed by atoms with Crippen LogP contribution < -0.4 is 5.32 Å². The summed E-state index contributed by atoms with van der Waals surface area (Å²) in [5.74, 6) is -0.261. The highest BCUT2D eigenvalue weighted by Gasteiger charge is 2.18. The number of nitrogens with zero attached hydrogens (tertiary/aromatic N) is 1. The number of carbonyl (C=O) groups is 1. The van der Waals surface area contributed by atoms with Crippen LogP contribution in [0.15, 0.2) is 18.5 Å². The third-order valence-corrected chi connectivity index (χ3v) is 2.99. The number of pyridine rings is 1. The standard InChI is InChI=1S/C12H16N2O2/c15-11-8-13-7-6-10(11)12(16)14-9-4-2-1-3-5-9/h6-9,15H,1-5H2,(H,14,16). The second-order valence-electron chi connectivity index (χ2n) is 4.20. The highest BCUT2D eigenvalue weighted by molar-refractivity contribution is 5.96. The van der Waals surface area contributed by atoms with Crippen LogP contribution >= 0.6 is 0 Å². The van der Waals surface area contributed by atoms with Crippen molar-refractivity contribution in [2.45, 2.75) is 38.1 Å². The molecule has 1 fully saturated rings. The van der Waals surface area contributed by atoms with Crippen LogP contribution in [0.1, 0.15) is 42.5 Å². The van der Waals surface area contributed by atoms with Gasteiger partial charge in [0.05, 0.1) is 11.8 Å². The molecule has 1 heterocycles. The molecule has 0 saturated heterocycles. The number of carbonyl (C=O) groups excluding carboxylic acids is 1. The second kappa shape index (κ2) is 4.96. The molecule has 4 nitrogen and oxygen atoms in total. The number of aromatic nitrogens is 1. The number of aromatic hydroxyl groups is 1. The summed E-state index contributed by atoms with van der Waals surface area (Å²) in [5, 5.41) is 12.4. The molecule has 1 aliphatic carbocycles. The van der Waals surface area contributed by atoms with Crippen molar-refractivity contribution in [1.29, 1.82) is 0 Å². The molecule has 2 rings (SSSR count). The molecule has 0 aliphatic heterocycles. The van der Waals surface area contributed by atoms with Gasteiger partial charge >= 0.3 is 0 Å². The SMILES string of the molecule is O=C(NC1CCCCC1)c1ccncc1O. The van der Waals surface area contributed by atoms with Crippen LogP contribution in [0.25, 0.3) is 0 Å². The zero-order valence-electron chi connectivity index (χ0n) is 9.15. The van der Waals surface area contributed by atoms with Crippen molar-refractivity contribution in [3.63, 3.8) is 0 Å². The van der Waals surface area contributed by atoms with Crippen molar-refractivity contribution in [3.8, 4) is 5.75 Å². The van der Waals surface area contributed by atoms with E-state index in [1.54, 1.807) is 0 Å². The highest BCUT2D eigenvalue weighted by atomic mass is 16.3. The molecule has 0 atom stereocenters. The number of amides is 1. The Labute approximate surface area is 94.7 Å². The lowest BCUT2D eigenvalue weighted by molar-refractivity contribution is 0.0925. The third-order valence-electron chi connectivity index (χ3n) is 2.99. The van der Waals surface area contributed by atoms with Gasteiger partial charge in [0.1, 0.15) is 5.75 Å². The van der Waals surface area contributed by atoms with Crippen LogP contribution in [-0.2, 0) is 0 Å². The maximum absolute atomic E-state index is 11.8. The predicted molar refractivity (Wildman–Crippen MR) is 60.2 cm³/mol. The predicted octanol–water partition coefficient (Wildman–Crippen LogP) is 1.85. The second-order valence-corrected chi connectivity index (χ2v) is 4.20. The van der Waals surface area contributed by atoms with Crippen LogP contribution in [0.4, 0.5) is 0 Å². The molecule has 1 aromatic rings. The summed E-state index contributed by atoms with van der Waals surface area (Å²) >= 11 is 0. The smallest absolute Gasteiger partial charge is 0.255 e. The summed E-state index contributed by atoms with van der Waals surface area (Å²) in [6.07, 6.45) is 8.48. The van der Waals surface area contributed by atoms with E-state index in [4.69, 9.17) is 0 Å². The minimum absolute atomic E-state index is 0.0594. The van der Waals surface area contributed by atoms with Crippen LogP contribution in [0.2, 0.25) is 0 Å². The Morgan fingerprint density at radius 1 is 1.38 bits per heavy atom. The van der Waals surface area contributed by atoms with Crippen molar-refractivity contribution in [1.82, 2.24) is 10.3 Å². The average Bonchev–Trinajstić information content (AvgIpc) is 2.31. The Hall–Kier alpha value is -1.58. The minimum atomic E-state index is -0.202. The molecule has 86 valence electrons. The summed E-state index contributed by atoms with van der Waals surface area (Å²) in [4.78, 5) is 15.6. The van der Waals surface area contributed by atoms with E-state index < -0.39 is 0 Å². The van der Waals surface area contributed by atoms with E-state index in [1.165, 1.54) is 37.7 Å². The van der Waals surface area contributed by atoms with Crippen LogP contribution in [0.3, 0.4) is 0 Å². The summed E-state index contributed by atoms with van der Waals surface area (Å²) < 4.78 is 0. The average molecular weight is 220 g/mol. The molecule has 1 aromatic heterocycles. The fraction of sp³-hybridized carbons (Fsp3) is 0.500. The molecule has 0 bridgehead atoms. The monoisotopic (exact) mass is 220 g/mol. The Morgan fingerprint density at radius 3 is 2.81 bits per heavy atom. The largest absolute Gasteiger partial charge is 0.505 e. The fourth-order valence-corrected chi connectivity index (χ4v) is 2.09. The number of hydrogen-bond acceptors (Lipinski definition) is 3. The zero-order chi connectivity index (χ0) is 11.4. The normalized spacial score (nSPS) is 17.0. The molecule has 0 unspecified atom stereocenters. The summed E-state index contributed by atoms with van der Waals surface area (Å²) in [6.45, 7) is 0. The molecule has 0 aromatic carbocycles. The molecule has 2 N–H and O–H groups in total. The molecular weight excluding hydrogens is 204 g/mol. The first kappa shape index (κ1) is 10.9. The van der Waals surface area contributed by atoms with E-state index in [9.17, 15) is 9.90 Å². The molecule has 1 aliphatic rings. The zero-order valence-corrected chi connectivity index (χ0v) is 9.15. The minimum Gasteiger partial charge on any atom is -0.505 e. The molecule has 4 heteroatoms. The molecule has 1 saturated carbocycles. The van der Waals surface area contributed by atoms with Gasteiger partial charge in [-0.15, -0.1) is 0 Å². The van der Waals surface area contributed by atoms with Gasteiger partial charge < -0.3 is 10.4 Å². The van der Waals surface area contributed by atoms with Crippen LogP contribution in [0.5, 0.6) is 5.75 Å². The quantitative estimate of drug-likeness (QED) is 0.799. The van der Waals surface area contributed by atoms with Crippen LogP contribution in [0, 0.1) is 0 Å². The van der Waals surface area contributed by atoms with Gasteiger partial charge in [0.25, 0.3) is 5.91 Å².